The molecule has 2 rings (SSSR count). The predicted octanol–water partition coefficient (Wildman–Crippen LogP) is 9.49. The van der Waals surface area contributed by atoms with E-state index in [1.54, 1.807) is 0 Å². The fraction of sp³-hybridized carbons (Fsp3) is 0.755. The predicted molar refractivity (Wildman–Crippen MR) is 240 cm³/mol. The Morgan fingerprint density at radius 2 is 0.467 bits per heavy atom. The summed E-state index contributed by atoms with van der Waals surface area (Å²) in [4.78, 5) is 0. The van der Waals surface area contributed by atoms with Gasteiger partial charge >= 0.3 is 0 Å². The molecule has 0 aliphatic carbocycles. The molecule has 0 amide bonds. The van der Waals surface area contributed by atoms with Crippen LogP contribution in [0.5, 0.6) is 11.5 Å². The van der Waals surface area contributed by atoms with Crippen LogP contribution in [0.15, 0.2) is 48.5 Å². The number of hydrogen-bond donors (Lipinski definition) is 0. The van der Waals surface area contributed by atoms with Crippen molar-refractivity contribution < 1.29 is 52.1 Å². The van der Waals surface area contributed by atoms with E-state index in [0.29, 0.717) is 132 Å². The lowest BCUT2D eigenvalue weighted by molar-refractivity contribution is -0.0257. The molecule has 0 aliphatic rings. The molecule has 0 N–H and O–H groups in total. The van der Waals surface area contributed by atoms with E-state index in [9.17, 15) is 0 Å². The van der Waals surface area contributed by atoms with E-state index >= 15 is 0 Å². The summed E-state index contributed by atoms with van der Waals surface area (Å²) in [5.41, 5.74) is 2.76. The van der Waals surface area contributed by atoms with Gasteiger partial charge in [0.1, 0.15) is 24.7 Å². The Labute approximate surface area is 364 Å². The smallest absolute Gasteiger partial charge is 0.119 e. The molecular formula is C49H84O11. The van der Waals surface area contributed by atoms with Gasteiger partial charge in [-0.15, -0.1) is 0 Å². The fourth-order valence-corrected chi connectivity index (χ4v) is 6.20. The summed E-state index contributed by atoms with van der Waals surface area (Å²) in [7, 11) is 0. The molecule has 0 fully saturated rings. The highest BCUT2D eigenvalue weighted by Gasteiger charge is 2.01. The van der Waals surface area contributed by atoms with Gasteiger partial charge in [0.15, 0.2) is 0 Å². The van der Waals surface area contributed by atoms with Gasteiger partial charge in [-0.05, 0) is 61.1 Å². The minimum atomic E-state index is 0.515. The summed E-state index contributed by atoms with van der Waals surface area (Å²) in [6, 6.07) is 16.9. The summed E-state index contributed by atoms with van der Waals surface area (Å²) in [5.74, 6) is 1.78. The lowest BCUT2D eigenvalue weighted by Crippen LogP contribution is -2.15. The monoisotopic (exact) mass is 849 g/mol. The van der Waals surface area contributed by atoms with Gasteiger partial charge < -0.3 is 52.1 Å². The third-order valence-corrected chi connectivity index (χ3v) is 9.70. The van der Waals surface area contributed by atoms with Crippen LogP contribution < -0.4 is 9.47 Å². The van der Waals surface area contributed by atoms with E-state index in [-0.39, 0.29) is 0 Å². The second kappa shape index (κ2) is 43.3. The van der Waals surface area contributed by atoms with Crippen LogP contribution in [0.3, 0.4) is 0 Å². The van der Waals surface area contributed by atoms with E-state index in [2.05, 4.69) is 62.4 Å². The number of aryl methyl sites for hydroxylation is 2. The normalized spacial score (nSPS) is 11.4. The average Bonchev–Trinajstić information content (AvgIpc) is 3.27. The topological polar surface area (TPSA) is 102 Å². The molecule has 0 saturated carbocycles. The quantitative estimate of drug-likeness (QED) is 0.0596. The number of unbranched alkanes of at least 4 members (excludes halogenated alkanes) is 11. The van der Waals surface area contributed by atoms with E-state index < -0.39 is 0 Å². The molecular weight excluding hydrogens is 765 g/mol. The first-order chi connectivity index (χ1) is 29.8. The molecule has 2 aromatic carbocycles. The molecule has 60 heavy (non-hydrogen) atoms. The molecule has 0 heterocycles. The maximum Gasteiger partial charge on any atom is 0.119 e. The van der Waals surface area contributed by atoms with Crippen LogP contribution in [0.2, 0.25) is 0 Å². The molecule has 0 bridgehead atoms. The molecule has 0 aromatic heterocycles. The van der Waals surface area contributed by atoms with E-state index in [1.807, 2.05) is 0 Å². The van der Waals surface area contributed by atoms with Gasteiger partial charge in [0.2, 0.25) is 0 Å². The van der Waals surface area contributed by atoms with Crippen molar-refractivity contribution in [1.82, 2.24) is 0 Å². The van der Waals surface area contributed by atoms with Gasteiger partial charge in [-0.1, -0.05) is 109 Å². The van der Waals surface area contributed by atoms with Crippen molar-refractivity contribution in [3.8, 4) is 11.5 Å². The van der Waals surface area contributed by atoms with E-state index in [1.165, 1.54) is 94.6 Å². The maximum atomic E-state index is 5.80. The van der Waals surface area contributed by atoms with Crippen molar-refractivity contribution in [2.75, 3.05) is 132 Å². The molecule has 0 unspecified atom stereocenters. The first-order valence-corrected chi connectivity index (χ1v) is 23.4. The number of rotatable bonds is 47. The van der Waals surface area contributed by atoms with Crippen LogP contribution in [-0.4, -0.2) is 132 Å². The van der Waals surface area contributed by atoms with Gasteiger partial charge in [-0.3, -0.25) is 0 Å². The van der Waals surface area contributed by atoms with E-state index in [4.69, 9.17) is 52.1 Å². The summed E-state index contributed by atoms with van der Waals surface area (Å²) < 4.78 is 61.6. The molecule has 11 nitrogen and oxygen atoms in total. The number of ether oxygens (including phenoxy) is 11. The summed E-state index contributed by atoms with van der Waals surface area (Å²) in [6.07, 6.45) is 19.6. The zero-order valence-electron chi connectivity index (χ0n) is 37.9. The zero-order valence-corrected chi connectivity index (χ0v) is 37.9. The molecule has 0 aliphatic heterocycles. The zero-order chi connectivity index (χ0) is 42.5. The number of benzene rings is 2. The first kappa shape index (κ1) is 53.8. The van der Waals surface area contributed by atoms with Crippen molar-refractivity contribution in [3.63, 3.8) is 0 Å². The van der Waals surface area contributed by atoms with Crippen LogP contribution in [0, 0.1) is 0 Å². The third-order valence-electron chi connectivity index (χ3n) is 9.70. The highest BCUT2D eigenvalue weighted by molar-refractivity contribution is 5.28. The van der Waals surface area contributed by atoms with Crippen LogP contribution in [0.25, 0.3) is 0 Å². The second-order valence-electron chi connectivity index (χ2n) is 14.9. The lowest BCUT2D eigenvalue weighted by Gasteiger charge is -2.09. The summed E-state index contributed by atoms with van der Waals surface area (Å²) in [6.45, 7) is 15.0. The molecule has 0 saturated heterocycles. The van der Waals surface area contributed by atoms with Crippen LogP contribution in [-0.2, 0) is 55.5 Å². The van der Waals surface area contributed by atoms with Crippen LogP contribution in [0.4, 0.5) is 0 Å². The molecule has 0 atom stereocenters. The minimum Gasteiger partial charge on any atom is -0.491 e. The highest BCUT2D eigenvalue weighted by atomic mass is 16.6. The maximum absolute atomic E-state index is 5.80. The number of hydrogen-bond acceptors (Lipinski definition) is 11. The van der Waals surface area contributed by atoms with Crippen molar-refractivity contribution in [3.05, 3.63) is 59.7 Å². The van der Waals surface area contributed by atoms with Gasteiger partial charge in [-0.2, -0.15) is 0 Å². The Balaban J connectivity index is 1.19. The minimum absolute atomic E-state index is 0.515. The first-order valence-electron chi connectivity index (χ1n) is 23.4. The van der Waals surface area contributed by atoms with Gasteiger partial charge in [0.25, 0.3) is 0 Å². The van der Waals surface area contributed by atoms with Crippen LogP contribution >= 0.6 is 0 Å². The molecule has 0 spiro atoms. The van der Waals surface area contributed by atoms with Crippen molar-refractivity contribution >= 4 is 0 Å². The second-order valence-corrected chi connectivity index (χ2v) is 14.9. The van der Waals surface area contributed by atoms with Crippen LogP contribution in [0.1, 0.15) is 108 Å². The Hall–Kier alpha value is -2.32. The van der Waals surface area contributed by atoms with E-state index in [0.717, 1.165) is 24.3 Å². The molecule has 346 valence electrons. The van der Waals surface area contributed by atoms with Crippen molar-refractivity contribution in [1.29, 1.82) is 0 Å². The van der Waals surface area contributed by atoms with Gasteiger partial charge in [0.05, 0.1) is 119 Å². The summed E-state index contributed by atoms with van der Waals surface area (Å²) >= 11 is 0. The Morgan fingerprint density at radius 1 is 0.250 bits per heavy atom. The molecule has 0 radical (unpaired) electrons. The largest absolute Gasteiger partial charge is 0.491 e. The highest BCUT2D eigenvalue weighted by Crippen LogP contribution is 2.17. The van der Waals surface area contributed by atoms with Gasteiger partial charge in [-0.25, -0.2) is 0 Å². The molecule has 2 aromatic rings. The SMILES string of the molecule is CCCCCCCCCc1ccc(OCCOCCOCCOCCOCCOCCOCCOCCOCCOCCOc2ccc(CCCCCCCC)cc2)cc1. The fourth-order valence-electron chi connectivity index (χ4n) is 6.20. The standard InChI is InChI=1S/C49H84O11/c1-3-5-7-9-11-13-15-17-47-20-24-49(25-21-47)60-45-43-58-41-39-56-37-35-54-33-31-52-29-27-50-26-28-51-30-32-53-34-36-55-38-40-57-42-44-59-48-22-18-46(19-23-48)16-14-12-10-8-6-4-2/h18-25H,3-17,26-45H2,1-2H3. The Bertz CT molecular complexity index is 1140. The van der Waals surface area contributed by atoms with Crippen molar-refractivity contribution in [2.24, 2.45) is 0 Å². The average molecular weight is 849 g/mol. The van der Waals surface area contributed by atoms with Gasteiger partial charge in [0, 0.05) is 0 Å². The Kier molecular flexibility index (Phi) is 38.9. The summed E-state index contributed by atoms with van der Waals surface area (Å²) in [5, 5.41) is 0. The lowest BCUT2D eigenvalue weighted by atomic mass is 10.0. The third kappa shape index (κ3) is 35.3. The molecule has 11 heteroatoms. The Morgan fingerprint density at radius 3 is 0.717 bits per heavy atom. The van der Waals surface area contributed by atoms with Crippen molar-refractivity contribution in [2.45, 2.75) is 110 Å².